The van der Waals surface area contributed by atoms with Crippen molar-refractivity contribution in [2.45, 2.75) is 6.61 Å². The number of halogens is 1. The van der Waals surface area contributed by atoms with Crippen molar-refractivity contribution in [3.05, 3.63) is 52.5 Å². The smallest absolute Gasteiger partial charge is 0.137 e. The minimum atomic E-state index is -0.0728. The van der Waals surface area contributed by atoms with E-state index in [0.717, 1.165) is 33.2 Å². The van der Waals surface area contributed by atoms with Gasteiger partial charge in [-0.1, -0.05) is 23.7 Å². The number of aliphatic hydroxyl groups is 1. The van der Waals surface area contributed by atoms with E-state index in [-0.39, 0.29) is 6.61 Å². The van der Waals surface area contributed by atoms with E-state index in [1.54, 1.807) is 6.07 Å². The van der Waals surface area contributed by atoms with Gasteiger partial charge in [-0.15, -0.1) is 11.3 Å². The number of hydrogen-bond donors (Lipinski definition) is 1. The molecule has 2 aromatic carbocycles. The molecule has 0 bridgehead atoms. The van der Waals surface area contributed by atoms with Crippen LogP contribution < -0.4 is 4.74 Å². The number of nitrogens with zero attached hydrogens (tertiary/aromatic N) is 1. The van der Waals surface area contributed by atoms with Gasteiger partial charge in [0.25, 0.3) is 0 Å². The quantitative estimate of drug-likeness (QED) is 0.552. The molecule has 0 spiro atoms. The van der Waals surface area contributed by atoms with E-state index in [1.165, 1.54) is 11.3 Å². The van der Waals surface area contributed by atoms with E-state index >= 15 is 0 Å². The van der Waals surface area contributed by atoms with Crippen molar-refractivity contribution < 1.29 is 9.84 Å². The van der Waals surface area contributed by atoms with Gasteiger partial charge in [-0.2, -0.15) is 0 Å². The van der Waals surface area contributed by atoms with E-state index in [1.807, 2.05) is 36.4 Å². The molecule has 1 aliphatic heterocycles. The Hall–Kier alpha value is -1.88. The van der Waals surface area contributed by atoms with Crippen molar-refractivity contribution in [3.8, 4) is 33.2 Å². The third-order valence-corrected chi connectivity index (χ3v) is 4.66. The average molecular weight is 316 g/mol. The summed E-state index contributed by atoms with van der Waals surface area (Å²) in [4.78, 5) is 5.54. The number of fused-ring (bicyclic) bond motifs is 5. The fraction of sp³-hybridized carbons (Fsp3) is 0.0625. The predicted octanol–water partition coefficient (Wildman–Crippen LogP) is 4.73. The Morgan fingerprint density at radius 1 is 1.10 bits per heavy atom. The molecule has 3 nitrogen and oxygen atoms in total. The highest BCUT2D eigenvalue weighted by Gasteiger charge is 2.24. The van der Waals surface area contributed by atoms with Gasteiger partial charge in [-0.05, 0) is 30.3 Å². The monoisotopic (exact) mass is 315 g/mol. The summed E-state index contributed by atoms with van der Waals surface area (Å²) >= 11 is 7.60. The molecule has 1 N–H and O–H groups in total. The van der Waals surface area contributed by atoms with Crippen LogP contribution in [-0.2, 0) is 6.61 Å². The third kappa shape index (κ3) is 2.03. The highest BCUT2D eigenvalue weighted by atomic mass is 35.5. The Kier molecular flexibility index (Phi) is 2.96. The normalized spacial score (nSPS) is 11.9. The van der Waals surface area contributed by atoms with E-state index in [9.17, 15) is 5.11 Å². The summed E-state index contributed by atoms with van der Waals surface area (Å²) in [5.74, 6) is 1.51. The molecule has 0 amide bonds. The van der Waals surface area contributed by atoms with Crippen LogP contribution in [0.5, 0.6) is 11.5 Å². The molecule has 1 aliphatic rings. The van der Waals surface area contributed by atoms with Crippen LogP contribution in [0.15, 0.2) is 42.5 Å². The number of aliphatic hydroxyl groups excluding tert-OH is 1. The number of rotatable bonds is 1. The topological polar surface area (TPSA) is 42.4 Å². The van der Waals surface area contributed by atoms with E-state index in [2.05, 4.69) is 4.98 Å². The lowest BCUT2D eigenvalue weighted by molar-refractivity contribution is 0.281. The third-order valence-electron chi connectivity index (χ3n) is 3.36. The highest BCUT2D eigenvalue weighted by molar-refractivity contribution is 7.15. The molecule has 0 unspecified atom stereocenters. The van der Waals surface area contributed by atoms with Gasteiger partial charge in [-0.25, -0.2) is 4.98 Å². The standard InChI is InChI=1S/C16H10ClNO2S/c17-9-5-6-13-11(7-9)15-16(21-14(8-19)18-15)10-3-1-2-4-12(10)20-13/h1-7,19H,8H2. The molecule has 0 radical (unpaired) electrons. The Labute approximate surface area is 130 Å². The minimum Gasteiger partial charge on any atom is -0.456 e. The van der Waals surface area contributed by atoms with Gasteiger partial charge in [0.15, 0.2) is 0 Å². The van der Waals surface area contributed by atoms with E-state index in [0.29, 0.717) is 10.0 Å². The zero-order valence-electron chi connectivity index (χ0n) is 10.8. The first-order valence-corrected chi connectivity index (χ1v) is 7.63. The van der Waals surface area contributed by atoms with Crippen LogP contribution in [0.4, 0.5) is 0 Å². The fourth-order valence-corrected chi connectivity index (χ4v) is 3.58. The lowest BCUT2D eigenvalue weighted by Gasteiger charge is -2.08. The predicted molar refractivity (Wildman–Crippen MR) is 84.0 cm³/mol. The number of benzene rings is 2. The molecular weight excluding hydrogens is 306 g/mol. The van der Waals surface area contributed by atoms with Crippen LogP contribution in [0.3, 0.4) is 0 Å². The summed E-state index contributed by atoms with van der Waals surface area (Å²) in [6.45, 7) is -0.0728. The van der Waals surface area contributed by atoms with Gasteiger partial charge in [0.1, 0.15) is 16.5 Å². The van der Waals surface area contributed by atoms with Gasteiger partial charge < -0.3 is 9.84 Å². The zero-order valence-corrected chi connectivity index (χ0v) is 12.4. The number of ether oxygens (including phenoxy) is 1. The van der Waals surface area contributed by atoms with E-state index in [4.69, 9.17) is 16.3 Å². The lowest BCUT2D eigenvalue weighted by Crippen LogP contribution is -1.87. The first-order chi connectivity index (χ1) is 10.3. The van der Waals surface area contributed by atoms with Gasteiger partial charge in [0.05, 0.1) is 17.2 Å². The number of thiazole rings is 1. The maximum atomic E-state index is 9.40. The van der Waals surface area contributed by atoms with Crippen molar-refractivity contribution >= 4 is 22.9 Å². The summed E-state index contributed by atoms with van der Waals surface area (Å²) < 4.78 is 6.02. The molecule has 3 aromatic rings. The summed E-state index contributed by atoms with van der Waals surface area (Å²) in [7, 11) is 0. The van der Waals surface area contributed by atoms with Gasteiger partial charge in [0.2, 0.25) is 0 Å². The first kappa shape index (κ1) is 12.8. The molecule has 0 saturated carbocycles. The molecule has 21 heavy (non-hydrogen) atoms. The Morgan fingerprint density at radius 2 is 1.90 bits per heavy atom. The molecule has 4 rings (SSSR count). The molecular formula is C16H10ClNO2S. The lowest BCUT2D eigenvalue weighted by atomic mass is 10.1. The van der Waals surface area contributed by atoms with Crippen molar-refractivity contribution in [1.29, 1.82) is 0 Å². The second-order valence-electron chi connectivity index (χ2n) is 4.68. The summed E-state index contributed by atoms with van der Waals surface area (Å²) in [6.07, 6.45) is 0. The zero-order chi connectivity index (χ0) is 14.4. The van der Waals surface area contributed by atoms with Crippen LogP contribution in [-0.4, -0.2) is 10.1 Å². The van der Waals surface area contributed by atoms with Crippen LogP contribution in [0.1, 0.15) is 5.01 Å². The van der Waals surface area contributed by atoms with Crippen LogP contribution in [0.2, 0.25) is 5.02 Å². The molecule has 0 atom stereocenters. The average Bonchev–Trinajstić information content (AvgIpc) is 2.89. The number of hydrogen-bond acceptors (Lipinski definition) is 4. The molecule has 0 saturated heterocycles. The Balaban J connectivity index is 2.08. The minimum absolute atomic E-state index is 0.0728. The molecule has 5 heteroatoms. The maximum absolute atomic E-state index is 9.40. The SMILES string of the molecule is OCc1nc2c(s1)-c1ccccc1Oc1ccc(Cl)cc1-2. The first-order valence-electron chi connectivity index (χ1n) is 6.44. The largest absolute Gasteiger partial charge is 0.456 e. The maximum Gasteiger partial charge on any atom is 0.137 e. The van der Waals surface area contributed by atoms with Crippen LogP contribution in [0, 0.1) is 0 Å². The highest BCUT2D eigenvalue weighted by Crippen LogP contribution is 2.49. The summed E-state index contributed by atoms with van der Waals surface area (Å²) in [5.41, 5.74) is 2.65. The second-order valence-corrected chi connectivity index (χ2v) is 6.20. The number of aromatic nitrogens is 1. The van der Waals surface area contributed by atoms with Crippen LogP contribution in [0.25, 0.3) is 21.7 Å². The number of para-hydroxylation sites is 1. The van der Waals surface area contributed by atoms with Gasteiger partial charge >= 0.3 is 0 Å². The second kappa shape index (κ2) is 4.84. The van der Waals surface area contributed by atoms with Crippen molar-refractivity contribution in [1.82, 2.24) is 4.98 Å². The fourth-order valence-electron chi connectivity index (χ4n) is 2.44. The Bertz CT molecular complexity index is 844. The molecule has 1 aromatic heterocycles. The molecule has 2 heterocycles. The summed E-state index contributed by atoms with van der Waals surface area (Å²) in [6, 6.07) is 13.3. The van der Waals surface area contributed by atoms with E-state index < -0.39 is 0 Å². The molecule has 0 fully saturated rings. The molecule has 0 aliphatic carbocycles. The van der Waals surface area contributed by atoms with Gasteiger partial charge in [0, 0.05) is 16.1 Å². The van der Waals surface area contributed by atoms with Gasteiger partial charge in [-0.3, -0.25) is 0 Å². The van der Waals surface area contributed by atoms with Crippen molar-refractivity contribution in [2.24, 2.45) is 0 Å². The van der Waals surface area contributed by atoms with Crippen LogP contribution >= 0.6 is 22.9 Å². The summed E-state index contributed by atoms with van der Waals surface area (Å²) in [5, 5.41) is 10.7. The molecule has 104 valence electrons. The van der Waals surface area contributed by atoms with Crippen molar-refractivity contribution in [2.75, 3.05) is 0 Å². The van der Waals surface area contributed by atoms with Crippen molar-refractivity contribution in [3.63, 3.8) is 0 Å². The Morgan fingerprint density at radius 3 is 2.76 bits per heavy atom.